The maximum absolute atomic E-state index is 11.0. The maximum Gasteiger partial charge on any atom is 0.322 e. The Morgan fingerprint density at radius 1 is 1.67 bits per heavy atom. The quantitative estimate of drug-likeness (QED) is 0.446. The summed E-state index contributed by atoms with van der Waals surface area (Å²) in [5.74, 6) is 2.75. The van der Waals surface area contributed by atoms with Gasteiger partial charge in [-0.05, 0) is 12.8 Å². The number of carbonyl (C=O) groups excluding carboxylic acids is 1. The number of esters is 1. The molecule has 3 nitrogen and oxygen atoms in total. The molecule has 1 aliphatic rings. The van der Waals surface area contributed by atoms with Gasteiger partial charge >= 0.3 is 5.97 Å². The van der Waals surface area contributed by atoms with E-state index in [1.807, 2.05) is 0 Å². The Balaban J connectivity index is 2.37. The van der Waals surface area contributed by atoms with Gasteiger partial charge in [0.1, 0.15) is 6.04 Å². The SMILES string of the molecule is C#CC1CC[C@@H](C(=O)OC)NC1. The molecule has 0 aromatic carbocycles. The number of piperidine rings is 1. The van der Waals surface area contributed by atoms with Gasteiger partial charge in [0.2, 0.25) is 0 Å². The van der Waals surface area contributed by atoms with E-state index in [-0.39, 0.29) is 17.9 Å². The molecule has 0 aliphatic carbocycles. The van der Waals surface area contributed by atoms with Crippen LogP contribution in [0.1, 0.15) is 12.8 Å². The molecule has 0 radical (unpaired) electrons. The van der Waals surface area contributed by atoms with Crippen molar-refractivity contribution in [3.63, 3.8) is 0 Å². The maximum atomic E-state index is 11.0. The zero-order valence-corrected chi connectivity index (χ0v) is 7.17. The molecule has 1 unspecified atom stereocenters. The molecule has 0 aromatic rings. The summed E-state index contributed by atoms with van der Waals surface area (Å²) in [5, 5.41) is 3.05. The lowest BCUT2D eigenvalue weighted by molar-refractivity contribution is -0.143. The fourth-order valence-electron chi connectivity index (χ4n) is 1.34. The highest BCUT2D eigenvalue weighted by molar-refractivity contribution is 5.75. The van der Waals surface area contributed by atoms with Crippen LogP contribution in [0.4, 0.5) is 0 Å². The first-order valence-electron chi connectivity index (χ1n) is 4.05. The molecule has 12 heavy (non-hydrogen) atoms. The molecule has 3 heteroatoms. The van der Waals surface area contributed by atoms with Crippen molar-refractivity contribution in [2.45, 2.75) is 18.9 Å². The van der Waals surface area contributed by atoms with Crippen LogP contribution in [-0.4, -0.2) is 25.7 Å². The number of methoxy groups -OCH3 is 1. The predicted molar refractivity (Wildman–Crippen MR) is 45.4 cm³/mol. The van der Waals surface area contributed by atoms with Crippen LogP contribution < -0.4 is 5.32 Å². The Bertz CT molecular complexity index is 199. The average molecular weight is 167 g/mol. The molecular formula is C9H13NO2. The predicted octanol–water partition coefficient (Wildman–Crippen LogP) is 0.161. The van der Waals surface area contributed by atoms with Crippen molar-refractivity contribution >= 4 is 5.97 Å². The van der Waals surface area contributed by atoms with Gasteiger partial charge in [-0.1, -0.05) is 0 Å². The topological polar surface area (TPSA) is 38.3 Å². The largest absolute Gasteiger partial charge is 0.468 e. The fraction of sp³-hybridized carbons (Fsp3) is 0.667. The van der Waals surface area contributed by atoms with Crippen molar-refractivity contribution in [3.8, 4) is 12.3 Å². The van der Waals surface area contributed by atoms with Gasteiger partial charge in [-0.2, -0.15) is 0 Å². The summed E-state index contributed by atoms with van der Waals surface area (Å²) in [6, 6.07) is -0.153. The molecule has 0 spiro atoms. The van der Waals surface area contributed by atoms with Crippen LogP contribution in [0.5, 0.6) is 0 Å². The van der Waals surface area contributed by atoms with Crippen LogP contribution in [0, 0.1) is 18.3 Å². The third-order valence-electron chi connectivity index (χ3n) is 2.14. The third-order valence-corrected chi connectivity index (χ3v) is 2.14. The zero-order valence-electron chi connectivity index (χ0n) is 7.17. The van der Waals surface area contributed by atoms with Gasteiger partial charge in [0.25, 0.3) is 0 Å². The lowest BCUT2D eigenvalue weighted by Crippen LogP contribution is -2.44. The number of nitrogens with one attached hydrogen (secondary N) is 1. The summed E-state index contributed by atoms with van der Waals surface area (Å²) in [6.45, 7) is 0.719. The molecular weight excluding hydrogens is 154 g/mol. The normalized spacial score (nSPS) is 29.0. The van der Waals surface area contributed by atoms with Crippen LogP contribution in [-0.2, 0) is 9.53 Å². The number of hydrogen-bond acceptors (Lipinski definition) is 3. The Hall–Kier alpha value is -1.01. The number of terminal acetylenes is 1. The number of ether oxygens (including phenoxy) is 1. The average Bonchev–Trinajstić information content (AvgIpc) is 2.17. The zero-order chi connectivity index (χ0) is 8.97. The van der Waals surface area contributed by atoms with Crippen molar-refractivity contribution < 1.29 is 9.53 Å². The molecule has 0 amide bonds. The lowest BCUT2D eigenvalue weighted by atomic mass is 9.95. The molecule has 1 aliphatic heterocycles. The van der Waals surface area contributed by atoms with Gasteiger partial charge in [-0.25, -0.2) is 0 Å². The van der Waals surface area contributed by atoms with Gasteiger partial charge in [-0.15, -0.1) is 12.3 Å². The van der Waals surface area contributed by atoms with Crippen LogP contribution >= 0.6 is 0 Å². The third kappa shape index (κ3) is 1.99. The van der Waals surface area contributed by atoms with Crippen LogP contribution in [0.2, 0.25) is 0 Å². The highest BCUT2D eigenvalue weighted by Crippen LogP contribution is 2.13. The number of rotatable bonds is 1. The van der Waals surface area contributed by atoms with Crippen LogP contribution in [0.25, 0.3) is 0 Å². The second-order valence-corrected chi connectivity index (χ2v) is 2.92. The van der Waals surface area contributed by atoms with Crippen molar-refractivity contribution in [3.05, 3.63) is 0 Å². The van der Waals surface area contributed by atoms with Crippen molar-refractivity contribution in [2.75, 3.05) is 13.7 Å². The summed E-state index contributed by atoms with van der Waals surface area (Å²) in [7, 11) is 1.40. The number of hydrogen-bond donors (Lipinski definition) is 1. The minimum Gasteiger partial charge on any atom is -0.468 e. The Morgan fingerprint density at radius 2 is 2.42 bits per heavy atom. The van der Waals surface area contributed by atoms with Gasteiger partial charge in [-0.3, -0.25) is 4.79 Å². The molecule has 1 fully saturated rings. The minimum atomic E-state index is -0.189. The molecule has 1 saturated heterocycles. The van der Waals surface area contributed by atoms with Crippen molar-refractivity contribution in [2.24, 2.45) is 5.92 Å². The molecule has 0 bridgehead atoms. The second-order valence-electron chi connectivity index (χ2n) is 2.92. The first kappa shape index (κ1) is 9.08. The first-order valence-corrected chi connectivity index (χ1v) is 4.05. The monoisotopic (exact) mass is 167 g/mol. The molecule has 1 rings (SSSR count). The smallest absolute Gasteiger partial charge is 0.322 e. The Labute approximate surface area is 72.5 Å². The molecule has 1 heterocycles. The molecule has 0 saturated carbocycles. The molecule has 2 atom stereocenters. The first-order chi connectivity index (χ1) is 5.77. The van der Waals surface area contributed by atoms with Crippen molar-refractivity contribution in [1.29, 1.82) is 0 Å². The lowest BCUT2D eigenvalue weighted by Gasteiger charge is -2.24. The summed E-state index contributed by atoms with van der Waals surface area (Å²) < 4.78 is 4.61. The standard InChI is InChI=1S/C9H13NO2/c1-3-7-4-5-8(10-6-7)9(11)12-2/h1,7-8,10H,4-6H2,2H3/t7?,8-/m0/s1. The minimum absolute atomic E-state index is 0.153. The van der Waals surface area contributed by atoms with Crippen LogP contribution in [0.15, 0.2) is 0 Å². The summed E-state index contributed by atoms with van der Waals surface area (Å²) in [5.41, 5.74) is 0. The van der Waals surface area contributed by atoms with E-state index in [0.29, 0.717) is 0 Å². The van der Waals surface area contributed by atoms with Gasteiger partial charge < -0.3 is 10.1 Å². The van der Waals surface area contributed by atoms with Gasteiger partial charge in [0.05, 0.1) is 7.11 Å². The summed E-state index contributed by atoms with van der Waals surface area (Å²) in [4.78, 5) is 11.0. The van der Waals surface area contributed by atoms with Crippen LogP contribution in [0.3, 0.4) is 0 Å². The Kier molecular flexibility index (Phi) is 3.12. The number of carbonyl (C=O) groups is 1. The van der Waals surface area contributed by atoms with E-state index in [4.69, 9.17) is 6.42 Å². The van der Waals surface area contributed by atoms with E-state index in [0.717, 1.165) is 19.4 Å². The highest BCUT2D eigenvalue weighted by Gasteiger charge is 2.24. The van der Waals surface area contributed by atoms with E-state index in [1.54, 1.807) is 0 Å². The van der Waals surface area contributed by atoms with Crippen molar-refractivity contribution in [1.82, 2.24) is 5.32 Å². The summed E-state index contributed by atoms with van der Waals surface area (Å²) in [6.07, 6.45) is 6.94. The van der Waals surface area contributed by atoms with Gasteiger partial charge in [0, 0.05) is 12.5 Å². The molecule has 1 N–H and O–H groups in total. The van der Waals surface area contributed by atoms with E-state index >= 15 is 0 Å². The van der Waals surface area contributed by atoms with E-state index < -0.39 is 0 Å². The van der Waals surface area contributed by atoms with E-state index in [2.05, 4.69) is 16.0 Å². The second kappa shape index (κ2) is 4.13. The van der Waals surface area contributed by atoms with E-state index in [1.165, 1.54) is 7.11 Å². The highest BCUT2D eigenvalue weighted by atomic mass is 16.5. The molecule has 66 valence electrons. The van der Waals surface area contributed by atoms with E-state index in [9.17, 15) is 4.79 Å². The van der Waals surface area contributed by atoms with Gasteiger partial charge in [0.15, 0.2) is 0 Å². The summed E-state index contributed by atoms with van der Waals surface area (Å²) >= 11 is 0. The fourth-order valence-corrected chi connectivity index (χ4v) is 1.34. The molecule has 0 aromatic heterocycles. The Morgan fingerprint density at radius 3 is 2.83 bits per heavy atom.